The molecule has 0 radical (unpaired) electrons. The molecule has 1 aliphatic carbocycles. The molecule has 1 N–H and O–H groups in total. The molecule has 2 nitrogen and oxygen atoms in total. The van der Waals surface area contributed by atoms with Crippen LogP contribution in [0.2, 0.25) is 0 Å². The Kier molecular flexibility index (Phi) is 4.08. The Bertz CT molecular complexity index is 635. The number of hydrogen-bond acceptors (Lipinski definition) is 2. The largest absolute Gasteiger partial charge is 0.459 e. The first kappa shape index (κ1) is 14.6. The average Bonchev–Trinajstić information content (AvgIpc) is 3.20. The van der Waals surface area contributed by atoms with Crippen molar-refractivity contribution in [2.45, 2.75) is 71.9 Å². The third kappa shape index (κ3) is 2.87. The van der Waals surface area contributed by atoms with Gasteiger partial charge >= 0.3 is 0 Å². The molecule has 0 bridgehead atoms. The molecule has 1 aromatic carbocycles. The van der Waals surface area contributed by atoms with Gasteiger partial charge in [0.25, 0.3) is 0 Å². The Hall–Kier alpha value is -1.28. The predicted octanol–water partition coefficient (Wildman–Crippen LogP) is 5.07. The number of rotatable bonds is 6. The van der Waals surface area contributed by atoms with E-state index in [1.807, 2.05) is 0 Å². The monoisotopic (exact) mass is 285 g/mol. The van der Waals surface area contributed by atoms with Crippen molar-refractivity contribution in [1.29, 1.82) is 0 Å². The van der Waals surface area contributed by atoms with Crippen LogP contribution in [0.25, 0.3) is 11.0 Å². The molecule has 0 amide bonds. The van der Waals surface area contributed by atoms with Crippen molar-refractivity contribution in [2.75, 3.05) is 0 Å². The van der Waals surface area contributed by atoms with E-state index in [2.05, 4.69) is 45.1 Å². The van der Waals surface area contributed by atoms with Crippen molar-refractivity contribution in [2.24, 2.45) is 0 Å². The van der Waals surface area contributed by atoms with Crippen LogP contribution < -0.4 is 5.32 Å². The summed E-state index contributed by atoms with van der Waals surface area (Å²) in [6, 6.07) is 5.21. The number of hydrogen-bond donors (Lipinski definition) is 1. The highest BCUT2D eigenvalue weighted by Gasteiger charge is 2.23. The van der Waals surface area contributed by atoms with E-state index in [4.69, 9.17) is 4.42 Å². The summed E-state index contributed by atoms with van der Waals surface area (Å²) < 4.78 is 6.34. The number of fused-ring (bicyclic) bond motifs is 1. The zero-order valence-electron chi connectivity index (χ0n) is 13.8. The molecule has 21 heavy (non-hydrogen) atoms. The van der Waals surface area contributed by atoms with Gasteiger partial charge in [-0.2, -0.15) is 0 Å². The Morgan fingerprint density at radius 1 is 1.29 bits per heavy atom. The molecular formula is C19H27NO. The summed E-state index contributed by atoms with van der Waals surface area (Å²) in [7, 11) is 0. The summed E-state index contributed by atoms with van der Waals surface area (Å²) in [5, 5.41) is 4.98. The second-order valence-corrected chi connectivity index (χ2v) is 6.74. The van der Waals surface area contributed by atoms with Gasteiger partial charge < -0.3 is 9.73 Å². The highest BCUT2D eigenvalue weighted by atomic mass is 16.3. The van der Waals surface area contributed by atoms with E-state index in [-0.39, 0.29) is 0 Å². The number of nitrogens with one attached hydrogen (secondary N) is 1. The molecule has 0 atom stereocenters. The van der Waals surface area contributed by atoms with Gasteiger partial charge in [0.15, 0.2) is 0 Å². The van der Waals surface area contributed by atoms with E-state index in [0.29, 0.717) is 5.92 Å². The minimum Gasteiger partial charge on any atom is -0.459 e. The summed E-state index contributed by atoms with van der Waals surface area (Å²) >= 11 is 0. The third-order valence-corrected chi connectivity index (χ3v) is 4.51. The topological polar surface area (TPSA) is 25.2 Å². The lowest BCUT2D eigenvalue weighted by Crippen LogP contribution is -2.15. The van der Waals surface area contributed by atoms with E-state index >= 15 is 0 Å². The molecule has 1 heterocycles. The molecule has 1 aromatic heterocycles. The Balaban J connectivity index is 2.09. The van der Waals surface area contributed by atoms with Crippen LogP contribution in [0, 0.1) is 6.92 Å². The van der Waals surface area contributed by atoms with E-state index in [1.165, 1.54) is 34.9 Å². The number of aryl methyl sites for hydroxylation is 2. The van der Waals surface area contributed by atoms with E-state index < -0.39 is 0 Å². The van der Waals surface area contributed by atoms with Gasteiger partial charge in [0.2, 0.25) is 0 Å². The minimum absolute atomic E-state index is 0.498. The van der Waals surface area contributed by atoms with Gasteiger partial charge in [-0.05, 0) is 43.2 Å². The Morgan fingerprint density at radius 3 is 2.67 bits per heavy atom. The molecule has 3 rings (SSSR count). The van der Waals surface area contributed by atoms with E-state index in [0.717, 1.165) is 36.8 Å². The van der Waals surface area contributed by atoms with Crippen molar-refractivity contribution >= 4 is 11.0 Å². The van der Waals surface area contributed by atoms with Crippen LogP contribution in [0.4, 0.5) is 0 Å². The van der Waals surface area contributed by atoms with Gasteiger partial charge in [0.1, 0.15) is 11.3 Å². The van der Waals surface area contributed by atoms with Crippen LogP contribution in [0.3, 0.4) is 0 Å². The van der Waals surface area contributed by atoms with E-state index in [9.17, 15) is 0 Å². The van der Waals surface area contributed by atoms with Crippen LogP contribution in [-0.4, -0.2) is 6.04 Å². The molecule has 114 valence electrons. The van der Waals surface area contributed by atoms with Crippen molar-refractivity contribution in [3.8, 4) is 0 Å². The molecule has 0 saturated heterocycles. The fourth-order valence-electron chi connectivity index (χ4n) is 3.14. The molecule has 1 fully saturated rings. The molecule has 2 aromatic rings. The SMILES string of the molecule is CCCc1c(CNC2CC2)oc2c(C(C)C)ccc(C)c12. The molecule has 2 heteroatoms. The normalized spacial score (nSPS) is 15.3. The maximum absolute atomic E-state index is 6.34. The quantitative estimate of drug-likeness (QED) is 0.801. The number of furan rings is 1. The fraction of sp³-hybridized carbons (Fsp3) is 0.579. The van der Waals surface area contributed by atoms with Gasteiger partial charge in [-0.15, -0.1) is 0 Å². The first-order valence-corrected chi connectivity index (χ1v) is 8.39. The second kappa shape index (κ2) is 5.84. The second-order valence-electron chi connectivity index (χ2n) is 6.74. The maximum atomic E-state index is 6.34. The lowest BCUT2D eigenvalue weighted by molar-refractivity contribution is 0.502. The highest BCUT2D eigenvalue weighted by molar-refractivity contribution is 5.88. The molecule has 0 unspecified atom stereocenters. The molecular weight excluding hydrogens is 258 g/mol. The Labute approximate surface area is 127 Å². The molecule has 0 spiro atoms. The molecule has 1 saturated carbocycles. The third-order valence-electron chi connectivity index (χ3n) is 4.51. The van der Waals surface area contributed by atoms with E-state index in [1.54, 1.807) is 0 Å². The van der Waals surface area contributed by atoms with Gasteiger partial charge in [-0.25, -0.2) is 0 Å². The lowest BCUT2D eigenvalue weighted by atomic mass is 9.95. The highest BCUT2D eigenvalue weighted by Crippen LogP contribution is 2.35. The summed E-state index contributed by atoms with van der Waals surface area (Å²) in [6.07, 6.45) is 4.91. The van der Waals surface area contributed by atoms with Crippen LogP contribution in [0.15, 0.2) is 16.5 Å². The smallest absolute Gasteiger partial charge is 0.138 e. The average molecular weight is 285 g/mol. The van der Waals surface area contributed by atoms with Crippen LogP contribution >= 0.6 is 0 Å². The Morgan fingerprint density at radius 2 is 2.05 bits per heavy atom. The minimum atomic E-state index is 0.498. The molecule has 0 aliphatic heterocycles. The van der Waals surface area contributed by atoms with Crippen molar-refractivity contribution < 1.29 is 4.42 Å². The van der Waals surface area contributed by atoms with Crippen LogP contribution in [0.5, 0.6) is 0 Å². The van der Waals surface area contributed by atoms with Gasteiger partial charge in [-0.1, -0.05) is 39.3 Å². The standard InChI is InChI=1S/C19H27NO/c1-5-6-16-17(11-20-14-8-9-14)21-19-15(12(2)3)10-7-13(4)18(16)19/h7,10,12,14,20H,5-6,8-9,11H2,1-4H3. The lowest BCUT2D eigenvalue weighted by Gasteiger charge is -2.08. The summed E-state index contributed by atoms with van der Waals surface area (Å²) in [5.41, 5.74) is 5.24. The summed E-state index contributed by atoms with van der Waals surface area (Å²) in [5.74, 6) is 1.66. The summed E-state index contributed by atoms with van der Waals surface area (Å²) in [4.78, 5) is 0. The van der Waals surface area contributed by atoms with Crippen molar-refractivity contribution in [3.63, 3.8) is 0 Å². The van der Waals surface area contributed by atoms with Crippen molar-refractivity contribution in [1.82, 2.24) is 5.32 Å². The fourth-order valence-corrected chi connectivity index (χ4v) is 3.14. The summed E-state index contributed by atoms with van der Waals surface area (Å²) in [6.45, 7) is 9.83. The van der Waals surface area contributed by atoms with Gasteiger partial charge in [0.05, 0.1) is 6.54 Å². The van der Waals surface area contributed by atoms with Crippen molar-refractivity contribution in [3.05, 3.63) is 34.6 Å². The molecule has 1 aliphatic rings. The zero-order valence-corrected chi connectivity index (χ0v) is 13.8. The van der Waals surface area contributed by atoms with Gasteiger partial charge in [0, 0.05) is 17.0 Å². The predicted molar refractivity (Wildman–Crippen MR) is 88.9 cm³/mol. The van der Waals surface area contributed by atoms with Gasteiger partial charge in [-0.3, -0.25) is 0 Å². The first-order chi connectivity index (χ1) is 10.1. The van der Waals surface area contributed by atoms with Crippen LogP contribution in [-0.2, 0) is 13.0 Å². The maximum Gasteiger partial charge on any atom is 0.138 e. The zero-order chi connectivity index (χ0) is 15.0. The first-order valence-electron chi connectivity index (χ1n) is 8.39. The number of benzene rings is 1. The van der Waals surface area contributed by atoms with Crippen LogP contribution in [0.1, 0.15) is 68.4 Å².